The maximum absolute atomic E-state index is 13.1. The van der Waals surface area contributed by atoms with Gasteiger partial charge in [-0.3, -0.25) is 14.4 Å². The average molecular weight is 1060 g/mol. The van der Waals surface area contributed by atoms with Crippen molar-refractivity contribution in [1.29, 1.82) is 0 Å². The molecule has 0 bridgehead atoms. The Bertz CT molecular complexity index is 1580. The summed E-state index contributed by atoms with van der Waals surface area (Å²) in [7, 11) is 0. The quantitative estimate of drug-likeness (QED) is 0.0228. The fourth-order valence-electron chi connectivity index (χ4n) is 8.69. The molecule has 1 saturated heterocycles. The van der Waals surface area contributed by atoms with E-state index in [9.17, 15) is 34.5 Å². The molecular weight excluding hydrogens is 949 g/mol. The van der Waals surface area contributed by atoms with Gasteiger partial charge >= 0.3 is 23.9 Å². The number of hydrogen-bond donors (Lipinski definition) is 3. The zero-order valence-electron chi connectivity index (χ0n) is 47.3. The Hall–Kier alpha value is -3.84. The van der Waals surface area contributed by atoms with E-state index in [1.807, 2.05) is 0 Å². The van der Waals surface area contributed by atoms with Gasteiger partial charge in [-0.25, -0.2) is 4.79 Å². The molecule has 430 valence electrons. The van der Waals surface area contributed by atoms with Crippen LogP contribution < -0.4 is 0 Å². The van der Waals surface area contributed by atoms with Crippen molar-refractivity contribution in [2.45, 2.75) is 289 Å². The van der Waals surface area contributed by atoms with E-state index >= 15 is 0 Å². The Morgan fingerprint density at radius 3 is 1.33 bits per heavy atom. The second-order valence-corrected chi connectivity index (χ2v) is 20.3. The van der Waals surface area contributed by atoms with Crippen molar-refractivity contribution in [1.82, 2.24) is 0 Å². The molecule has 3 N–H and O–H groups in total. The van der Waals surface area contributed by atoms with Crippen molar-refractivity contribution in [3.8, 4) is 0 Å². The molecule has 0 spiro atoms. The number of carboxylic acids is 1. The van der Waals surface area contributed by atoms with Gasteiger partial charge in [0.15, 0.2) is 24.6 Å². The number of esters is 3. The maximum Gasteiger partial charge on any atom is 0.335 e. The molecule has 1 heterocycles. The van der Waals surface area contributed by atoms with Gasteiger partial charge in [0, 0.05) is 19.3 Å². The van der Waals surface area contributed by atoms with Crippen LogP contribution in [0.1, 0.15) is 252 Å². The second-order valence-electron chi connectivity index (χ2n) is 20.3. The van der Waals surface area contributed by atoms with Crippen LogP contribution in [0.25, 0.3) is 0 Å². The van der Waals surface area contributed by atoms with Gasteiger partial charge in [-0.2, -0.15) is 0 Å². The van der Waals surface area contributed by atoms with Crippen molar-refractivity contribution in [3.05, 3.63) is 72.9 Å². The summed E-state index contributed by atoms with van der Waals surface area (Å²) in [5, 5.41) is 31.5. The first-order valence-electron chi connectivity index (χ1n) is 29.9. The van der Waals surface area contributed by atoms with Crippen molar-refractivity contribution < 1.29 is 58.2 Å². The minimum Gasteiger partial charge on any atom is -0.479 e. The van der Waals surface area contributed by atoms with Crippen LogP contribution in [0.2, 0.25) is 0 Å². The number of allylic oxidation sites excluding steroid dienone is 12. The van der Waals surface area contributed by atoms with Crippen LogP contribution in [0.4, 0.5) is 0 Å². The summed E-state index contributed by atoms with van der Waals surface area (Å²) in [5.74, 6) is -3.16. The molecule has 12 heteroatoms. The van der Waals surface area contributed by atoms with Gasteiger partial charge in [0.2, 0.25) is 0 Å². The predicted molar refractivity (Wildman–Crippen MR) is 303 cm³/mol. The number of aliphatic carboxylic acids is 1. The SMILES string of the molecule is CC/C=C\C/C=C\C/C=C\C/C=C\CCCCCCC(=O)OC1C(OCC(COC(=O)CCCCCCCCCCCCCCCCC)OC(=O)CCCCCCC/C=C\C/C=C\CCC)OC(C(=O)O)C(O)C1O. The number of aliphatic hydroxyl groups excluding tert-OH is 2. The van der Waals surface area contributed by atoms with Crippen LogP contribution in [-0.2, 0) is 42.9 Å². The van der Waals surface area contributed by atoms with Crippen LogP contribution in [-0.4, -0.2) is 89.2 Å². The lowest BCUT2D eigenvalue weighted by molar-refractivity contribution is -0.301. The first-order valence-corrected chi connectivity index (χ1v) is 29.9. The number of ether oxygens (including phenoxy) is 5. The minimum atomic E-state index is -1.91. The zero-order valence-corrected chi connectivity index (χ0v) is 47.3. The fraction of sp³-hybridized carbons (Fsp3) is 0.746. The number of aliphatic hydroxyl groups is 2. The first-order chi connectivity index (χ1) is 36.6. The molecule has 0 saturated carbocycles. The average Bonchev–Trinajstić information content (AvgIpc) is 3.39. The van der Waals surface area contributed by atoms with Crippen molar-refractivity contribution in [3.63, 3.8) is 0 Å². The van der Waals surface area contributed by atoms with Gasteiger partial charge < -0.3 is 39.0 Å². The molecule has 0 aliphatic carbocycles. The third-order valence-electron chi connectivity index (χ3n) is 13.2. The summed E-state index contributed by atoms with van der Waals surface area (Å²) in [5.41, 5.74) is 0. The Labute approximate surface area is 455 Å². The fourth-order valence-corrected chi connectivity index (χ4v) is 8.69. The van der Waals surface area contributed by atoms with Crippen LogP contribution in [0, 0.1) is 0 Å². The van der Waals surface area contributed by atoms with Gasteiger partial charge in [-0.15, -0.1) is 0 Å². The van der Waals surface area contributed by atoms with Gasteiger partial charge in [0.1, 0.15) is 18.8 Å². The van der Waals surface area contributed by atoms with Crippen molar-refractivity contribution in [2.24, 2.45) is 0 Å². The lowest BCUT2D eigenvalue weighted by Gasteiger charge is -2.40. The molecule has 6 unspecified atom stereocenters. The molecule has 0 aromatic heterocycles. The topological polar surface area (TPSA) is 175 Å². The van der Waals surface area contributed by atoms with Crippen LogP contribution >= 0.6 is 0 Å². The van der Waals surface area contributed by atoms with E-state index in [1.165, 1.54) is 70.6 Å². The molecule has 0 amide bonds. The van der Waals surface area contributed by atoms with Gasteiger partial charge in [-0.1, -0.05) is 222 Å². The van der Waals surface area contributed by atoms with Gasteiger partial charge in [0.05, 0.1) is 6.61 Å². The van der Waals surface area contributed by atoms with Crippen molar-refractivity contribution in [2.75, 3.05) is 13.2 Å². The third-order valence-corrected chi connectivity index (χ3v) is 13.2. The molecule has 0 radical (unpaired) electrons. The summed E-state index contributed by atoms with van der Waals surface area (Å²) in [6.07, 6.45) is 51.5. The normalized spacial score (nSPS) is 18.7. The lowest BCUT2D eigenvalue weighted by Crippen LogP contribution is -2.61. The molecule has 0 aromatic rings. The van der Waals surface area contributed by atoms with E-state index in [1.54, 1.807) is 0 Å². The molecule has 12 nitrogen and oxygen atoms in total. The van der Waals surface area contributed by atoms with E-state index < -0.39 is 67.3 Å². The van der Waals surface area contributed by atoms with E-state index in [4.69, 9.17) is 23.7 Å². The highest BCUT2D eigenvalue weighted by Crippen LogP contribution is 2.26. The molecule has 1 aliphatic rings. The van der Waals surface area contributed by atoms with Crippen molar-refractivity contribution >= 4 is 23.9 Å². The highest BCUT2D eigenvalue weighted by molar-refractivity contribution is 5.74. The maximum atomic E-state index is 13.1. The molecule has 1 aliphatic heterocycles. The van der Waals surface area contributed by atoms with Crippen LogP contribution in [0.3, 0.4) is 0 Å². The molecule has 75 heavy (non-hydrogen) atoms. The molecule has 0 aromatic carbocycles. The number of rotatable bonds is 50. The molecule has 1 fully saturated rings. The lowest BCUT2D eigenvalue weighted by atomic mass is 9.98. The highest BCUT2D eigenvalue weighted by Gasteiger charge is 2.50. The van der Waals surface area contributed by atoms with E-state index in [-0.39, 0.29) is 25.9 Å². The monoisotopic (exact) mass is 1050 g/mol. The standard InChI is InChI=1S/C63H106O12/c1-4-7-10-13-16-19-22-25-27-28-30-33-36-39-42-45-48-51-57(66)74-61-59(68)58(67)60(62(69)70)75-63(61)72-53-54(73-56(65)50-47-44-41-38-35-31-24-21-18-15-12-9-6-3)52-71-55(64)49-46-43-40-37-34-32-29-26-23-20-17-14-11-8-5-2/h7,10,12,15-16,19,21,24-25,27,30,33,54,58-61,63,67-68H,4-6,8-9,11,13-14,17-18,20,22-23,26,28-29,31-32,34-53H2,1-3H3,(H,69,70)/b10-7-,15-12-,19-16-,24-21-,27-25-,33-30-. The summed E-state index contributed by atoms with van der Waals surface area (Å²) in [6, 6.07) is 0. The number of hydrogen-bond acceptors (Lipinski definition) is 11. The Kier molecular flexibility index (Phi) is 47.0. The van der Waals surface area contributed by atoms with Crippen LogP contribution in [0.15, 0.2) is 72.9 Å². The van der Waals surface area contributed by atoms with E-state index in [0.717, 1.165) is 122 Å². The minimum absolute atomic E-state index is 0.0297. The predicted octanol–water partition coefficient (Wildman–Crippen LogP) is 15.3. The van der Waals surface area contributed by atoms with Crippen LogP contribution in [0.5, 0.6) is 0 Å². The number of carbonyl (C=O) groups excluding carboxylic acids is 3. The largest absolute Gasteiger partial charge is 0.479 e. The Morgan fingerprint density at radius 2 is 0.867 bits per heavy atom. The summed E-state index contributed by atoms with van der Waals surface area (Å²) in [6.45, 7) is 5.80. The summed E-state index contributed by atoms with van der Waals surface area (Å²) >= 11 is 0. The molecular formula is C63H106O12. The smallest absolute Gasteiger partial charge is 0.335 e. The molecule has 1 rings (SSSR count). The number of carbonyl (C=O) groups is 4. The van der Waals surface area contributed by atoms with Gasteiger partial charge in [-0.05, 0) is 83.5 Å². The molecule has 6 atom stereocenters. The number of unbranched alkanes of at least 4 members (excludes halogenated alkanes) is 24. The zero-order chi connectivity index (χ0) is 54.7. The Morgan fingerprint density at radius 1 is 0.453 bits per heavy atom. The number of carboxylic acid groups (broad SMARTS) is 1. The summed E-state index contributed by atoms with van der Waals surface area (Å²) < 4.78 is 28.4. The first kappa shape index (κ1) is 69.2. The highest BCUT2D eigenvalue weighted by atomic mass is 16.7. The van der Waals surface area contributed by atoms with E-state index in [0.29, 0.717) is 19.3 Å². The second kappa shape index (κ2) is 50.9. The Balaban J connectivity index is 2.70. The van der Waals surface area contributed by atoms with E-state index in [2.05, 4.69) is 93.7 Å². The third kappa shape index (κ3) is 41.0. The van der Waals surface area contributed by atoms with Gasteiger partial charge in [0.25, 0.3) is 0 Å². The summed E-state index contributed by atoms with van der Waals surface area (Å²) in [4.78, 5) is 51.1.